The zero-order valence-electron chi connectivity index (χ0n) is 10.8. The largest absolute Gasteiger partial charge is 0.392 e. The van der Waals surface area contributed by atoms with Crippen molar-refractivity contribution in [1.29, 1.82) is 0 Å². The molecule has 0 amide bonds. The lowest BCUT2D eigenvalue weighted by molar-refractivity contribution is 0.282. The van der Waals surface area contributed by atoms with Crippen LogP contribution in [0.2, 0.25) is 10.0 Å². The van der Waals surface area contributed by atoms with Gasteiger partial charge in [-0.2, -0.15) is 5.10 Å². The van der Waals surface area contributed by atoms with Crippen molar-refractivity contribution in [3.63, 3.8) is 0 Å². The van der Waals surface area contributed by atoms with Gasteiger partial charge in [0.25, 0.3) is 0 Å². The summed E-state index contributed by atoms with van der Waals surface area (Å²) in [4.78, 5) is 4.44. The van der Waals surface area contributed by atoms with Crippen LogP contribution in [0, 0.1) is 0 Å². The topological polar surface area (TPSA) is 61.8 Å². The van der Waals surface area contributed by atoms with Crippen LogP contribution in [0.1, 0.15) is 5.56 Å². The third kappa shape index (κ3) is 2.78. The lowest BCUT2D eigenvalue weighted by atomic mass is 10.1. The van der Waals surface area contributed by atoms with Crippen LogP contribution in [0.3, 0.4) is 0 Å². The average molecular weight is 320 g/mol. The first-order valence-corrected chi connectivity index (χ1v) is 7.01. The number of aromatic nitrogens is 3. The summed E-state index contributed by atoms with van der Waals surface area (Å²) in [6.07, 6.45) is 0. The van der Waals surface area contributed by atoms with Gasteiger partial charge in [0.2, 0.25) is 0 Å². The zero-order chi connectivity index (χ0) is 14.8. The van der Waals surface area contributed by atoms with Gasteiger partial charge in [-0.05, 0) is 23.8 Å². The summed E-state index contributed by atoms with van der Waals surface area (Å²) in [7, 11) is 0. The first kappa shape index (κ1) is 14.1. The van der Waals surface area contributed by atoms with Crippen LogP contribution >= 0.6 is 23.2 Å². The Morgan fingerprint density at radius 1 is 1.05 bits per heavy atom. The number of hydrogen-bond acceptors (Lipinski definition) is 3. The van der Waals surface area contributed by atoms with Crippen molar-refractivity contribution >= 4 is 23.2 Å². The van der Waals surface area contributed by atoms with E-state index in [1.54, 1.807) is 18.2 Å². The summed E-state index contributed by atoms with van der Waals surface area (Å²) >= 11 is 12.1. The third-order valence-electron chi connectivity index (χ3n) is 3.10. The number of H-pyrrole nitrogens is 1. The van der Waals surface area contributed by atoms with Gasteiger partial charge in [0.1, 0.15) is 0 Å². The SMILES string of the molecule is OCc1ccccc1-c1n[nH]c(-c2ccc(Cl)cc2Cl)n1. The first-order valence-electron chi connectivity index (χ1n) is 6.26. The molecule has 0 fully saturated rings. The molecular weight excluding hydrogens is 309 g/mol. The molecule has 1 heterocycles. The summed E-state index contributed by atoms with van der Waals surface area (Å²) in [6.45, 7) is -0.0677. The number of aliphatic hydroxyl groups is 1. The molecular formula is C15H11Cl2N3O. The van der Waals surface area contributed by atoms with E-state index in [0.29, 0.717) is 21.7 Å². The van der Waals surface area contributed by atoms with Gasteiger partial charge in [0.15, 0.2) is 11.6 Å². The van der Waals surface area contributed by atoms with Gasteiger partial charge in [-0.3, -0.25) is 5.10 Å². The fourth-order valence-corrected chi connectivity index (χ4v) is 2.56. The number of halogens is 2. The molecule has 0 atom stereocenters. The van der Waals surface area contributed by atoms with Crippen molar-refractivity contribution in [2.24, 2.45) is 0 Å². The maximum atomic E-state index is 9.38. The second-order valence-corrected chi connectivity index (χ2v) is 5.29. The number of aliphatic hydroxyl groups excluding tert-OH is 1. The Hall–Kier alpha value is -1.88. The van der Waals surface area contributed by atoms with Gasteiger partial charge in [0, 0.05) is 16.1 Å². The molecule has 0 aliphatic rings. The fraction of sp³-hybridized carbons (Fsp3) is 0.0667. The smallest absolute Gasteiger partial charge is 0.181 e. The number of hydrogen-bond donors (Lipinski definition) is 2. The van der Waals surface area contributed by atoms with Gasteiger partial charge in [0.05, 0.1) is 11.6 Å². The quantitative estimate of drug-likeness (QED) is 0.768. The zero-order valence-corrected chi connectivity index (χ0v) is 12.4. The van der Waals surface area contributed by atoms with E-state index in [-0.39, 0.29) is 6.61 Å². The highest BCUT2D eigenvalue weighted by atomic mass is 35.5. The third-order valence-corrected chi connectivity index (χ3v) is 3.65. The minimum absolute atomic E-state index is 0.0677. The minimum atomic E-state index is -0.0677. The maximum absolute atomic E-state index is 9.38. The van der Waals surface area contributed by atoms with Crippen molar-refractivity contribution < 1.29 is 5.11 Å². The molecule has 0 radical (unpaired) electrons. The Morgan fingerprint density at radius 3 is 2.62 bits per heavy atom. The van der Waals surface area contributed by atoms with E-state index in [4.69, 9.17) is 23.2 Å². The highest BCUT2D eigenvalue weighted by Gasteiger charge is 2.13. The Labute approximate surface area is 131 Å². The van der Waals surface area contributed by atoms with Gasteiger partial charge in [-0.15, -0.1) is 0 Å². The van der Waals surface area contributed by atoms with E-state index >= 15 is 0 Å². The van der Waals surface area contributed by atoms with Gasteiger partial charge >= 0.3 is 0 Å². The number of nitrogens with zero attached hydrogens (tertiary/aromatic N) is 2. The number of benzene rings is 2. The lowest BCUT2D eigenvalue weighted by Crippen LogP contribution is -1.90. The maximum Gasteiger partial charge on any atom is 0.181 e. The Balaban J connectivity index is 2.04. The van der Waals surface area contributed by atoms with Crippen molar-refractivity contribution in [3.8, 4) is 22.8 Å². The molecule has 3 rings (SSSR count). The Morgan fingerprint density at radius 2 is 1.86 bits per heavy atom. The summed E-state index contributed by atoms with van der Waals surface area (Å²) < 4.78 is 0. The summed E-state index contributed by atoms with van der Waals surface area (Å²) in [5.74, 6) is 1.07. The first-order chi connectivity index (χ1) is 10.2. The Bertz CT molecular complexity index is 786. The Kier molecular flexibility index (Phi) is 3.92. The molecule has 0 unspecified atom stereocenters. The molecule has 21 heavy (non-hydrogen) atoms. The standard InChI is InChI=1S/C15H11Cl2N3O/c16-10-5-6-12(13(17)7-10)15-18-14(19-20-15)11-4-2-1-3-9(11)8-21/h1-7,21H,8H2,(H,18,19,20). The average Bonchev–Trinajstić information content (AvgIpc) is 2.96. The van der Waals surface area contributed by atoms with E-state index in [0.717, 1.165) is 16.7 Å². The van der Waals surface area contributed by atoms with Crippen molar-refractivity contribution in [2.45, 2.75) is 6.61 Å². The van der Waals surface area contributed by atoms with Crippen LogP contribution in [0.25, 0.3) is 22.8 Å². The lowest BCUT2D eigenvalue weighted by Gasteiger charge is -2.02. The second-order valence-electron chi connectivity index (χ2n) is 4.45. The van der Waals surface area contributed by atoms with Crippen LogP contribution in [-0.4, -0.2) is 20.3 Å². The molecule has 4 nitrogen and oxygen atoms in total. The minimum Gasteiger partial charge on any atom is -0.392 e. The molecule has 3 aromatic rings. The van der Waals surface area contributed by atoms with E-state index < -0.39 is 0 Å². The fourth-order valence-electron chi connectivity index (χ4n) is 2.06. The van der Waals surface area contributed by atoms with Crippen LogP contribution < -0.4 is 0 Å². The van der Waals surface area contributed by atoms with Gasteiger partial charge in [-0.1, -0.05) is 47.5 Å². The monoisotopic (exact) mass is 319 g/mol. The summed E-state index contributed by atoms with van der Waals surface area (Å²) in [5, 5.41) is 17.5. The van der Waals surface area contributed by atoms with E-state index in [1.165, 1.54) is 0 Å². The van der Waals surface area contributed by atoms with Crippen LogP contribution in [0.15, 0.2) is 42.5 Å². The predicted octanol–water partition coefficient (Wildman–Crippen LogP) is 3.94. The molecule has 0 spiro atoms. The van der Waals surface area contributed by atoms with Crippen molar-refractivity contribution in [3.05, 3.63) is 58.1 Å². The summed E-state index contributed by atoms with van der Waals surface area (Å²) in [5.41, 5.74) is 2.28. The van der Waals surface area contributed by atoms with Crippen LogP contribution in [0.5, 0.6) is 0 Å². The highest BCUT2D eigenvalue weighted by molar-refractivity contribution is 6.36. The van der Waals surface area contributed by atoms with E-state index in [2.05, 4.69) is 15.2 Å². The number of nitrogens with one attached hydrogen (secondary N) is 1. The van der Waals surface area contributed by atoms with Crippen LogP contribution in [-0.2, 0) is 6.61 Å². The number of rotatable bonds is 3. The molecule has 0 bridgehead atoms. The molecule has 2 N–H and O–H groups in total. The highest BCUT2D eigenvalue weighted by Crippen LogP contribution is 2.29. The molecule has 0 saturated carbocycles. The second kappa shape index (κ2) is 5.85. The van der Waals surface area contributed by atoms with Crippen LogP contribution in [0.4, 0.5) is 0 Å². The molecule has 0 saturated heterocycles. The van der Waals surface area contributed by atoms with Gasteiger partial charge < -0.3 is 5.11 Å². The molecule has 0 aliphatic carbocycles. The van der Waals surface area contributed by atoms with Gasteiger partial charge in [-0.25, -0.2) is 4.98 Å². The predicted molar refractivity (Wildman–Crippen MR) is 83.2 cm³/mol. The molecule has 6 heteroatoms. The summed E-state index contributed by atoms with van der Waals surface area (Å²) in [6, 6.07) is 12.6. The van der Waals surface area contributed by atoms with E-state index in [9.17, 15) is 5.11 Å². The molecule has 0 aliphatic heterocycles. The molecule has 2 aromatic carbocycles. The normalized spacial score (nSPS) is 10.8. The number of aromatic amines is 1. The van der Waals surface area contributed by atoms with Crippen molar-refractivity contribution in [2.75, 3.05) is 0 Å². The molecule has 106 valence electrons. The van der Waals surface area contributed by atoms with Crippen molar-refractivity contribution in [1.82, 2.24) is 15.2 Å². The van der Waals surface area contributed by atoms with E-state index in [1.807, 2.05) is 24.3 Å². The molecule has 1 aromatic heterocycles.